The molecule has 0 bridgehead atoms. The molecule has 0 aromatic carbocycles. The maximum atomic E-state index is 12.2. The van der Waals surface area contributed by atoms with Crippen molar-refractivity contribution in [3.05, 3.63) is 43.7 Å². The third-order valence-electron chi connectivity index (χ3n) is 3.43. The fraction of sp³-hybridized carbons (Fsp3) is 0.429. The minimum Gasteiger partial charge on any atom is -0.385 e. The van der Waals surface area contributed by atoms with Crippen molar-refractivity contribution in [2.45, 2.75) is 30.8 Å². The van der Waals surface area contributed by atoms with E-state index in [9.17, 15) is 9.59 Å². The number of ether oxygens (including phenoxy) is 1. The first-order valence-electron chi connectivity index (χ1n) is 7.34. The monoisotopic (exact) mass is 367 g/mol. The van der Waals surface area contributed by atoms with Crippen molar-refractivity contribution in [3.8, 4) is 0 Å². The van der Waals surface area contributed by atoms with Crippen molar-refractivity contribution in [2.24, 2.45) is 0 Å². The number of methoxy groups -OCH3 is 1. The van der Waals surface area contributed by atoms with Crippen LogP contribution in [0.1, 0.15) is 17.8 Å². The van der Waals surface area contributed by atoms with Crippen LogP contribution in [0.2, 0.25) is 0 Å². The molecule has 3 heterocycles. The Labute approximate surface area is 145 Å². The zero-order valence-corrected chi connectivity index (χ0v) is 14.9. The number of thioether (sulfide) groups is 1. The van der Waals surface area contributed by atoms with Crippen LogP contribution in [-0.4, -0.2) is 37.9 Å². The Hall–Kier alpha value is -1.91. The average Bonchev–Trinajstić information content (AvgIpc) is 3.10. The SMILES string of the molecule is COCCCn1c(SCc2cc(=O)n3c(C)csc3n2)n[nH]c1=O. The predicted molar refractivity (Wildman–Crippen MR) is 93.0 cm³/mol. The van der Waals surface area contributed by atoms with Gasteiger partial charge >= 0.3 is 5.69 Å². The van der Waals surface area contributed by atoms with E-state index in [1.54, 1.807) is 16.1 Å². The number of nitrogens with zero attached hydrogens (tertiary/aromatic N) is 4. The summed E-state index contributed by atoms with van der Waals surface area (Å²) in [5, 5.41) is 8.98. The Morgan fingerprint density at radius 1 is 1.42 bits per heavy atom. The largest absolute Gasteiger partial charge is 0.385 e. The van der Waals surface area contributed by atoms with Crippen LogP contribution in [0.4, 0.5) is 0 Å². The molecular formula is C14H17N5O3S2. The summed E-state index contributed by atoms with van der Waals surface area (Å²) < 4.78 is 8.17. The van der Waals surface area contributed by atoms with Crippen molar-refractivity contribution < 1.29 is 4.74 Å². The predicted octanol–water partition coefficient (Wildman–Crippen LogP) is 1.28. The van der Waals surface area contributed by atoms with Crippen LogP contribution in [0.15, 0.2) is 26.2 Å². The number of aryl methyl sites for hydroxylation is 1. The second-order valence-corrected chi connectivity index (χ2v) is 6.96. The van der Waals surface area contributed by atoms with Crippen molar-refractivity contribution in [3.63, 3.8) is 0 Å². The summed E-state index contributed by atoms with van der Waals surface area (Å²) in [7, 11) is 1.63. The number of aromatic nitrogens is 5. The minimum atomic E-state index is -0.244. The van der Waals surface area contributed by atoms with Crippen molar-refractivity contribution >= 4 is 28.1 Å². The molecular weight excluding hydrogens is 350 g/mol. The first-order valence-corrected chi connectivity index (χ1v) is 9.20. The Morgan fingerprint density at radius 3 is 3.04 bits per heavy atom. The number of aromatic amines is 1. The highest BCUT2D eigenvalue weighted by molar-refractivity contribution is 7.98. The summed E-state index contributed by atoms with van der Waals surface area (Å²) in [5.74, 6) is 0.470. The number of thiazole rings is 1. The summed E-state index contributed by atoms with van der Waals surface area (Å²) in [6, 6.07) is 1.53. The van der Waals surface area contributed by atoms with Gasteiger partial charge in [0.25, 0.3) is 5.56 Å². The van der Waals surface area contributed by atoms with Gasteiger partial charge in [-0.1, -0.05) is 11.8 Å². The smallest absolute Gasteiger partial charge is 0.343 e. The fourth-order valence-electron chi connectivity index (χ4n) is 2.29. The zero-order valence-electron chi connectivity index (χ0n) is 13.3. The van der Waals surface area contributed by atoms with Gasteiger partial charge in [0.1, 0.15) is 0 Å². The van der Waals surface area contributed by atoms with E-state index in [0.29, 0.717) is 34.7 Å². The third kappa shape index (κ3) is 3.45. The van der Waals surface area contributed by atoms with Crippen LogP contribution in [0.25, 0.3) is 4.96 Å². The van der Waals surface area contributed by atoms with Crippen LogP contribution in [0, 0.1) is 6.92 Å². The molecule has 3 aromatic heterocycles. The maximum absolute atomic E-state index is 12.2. The van der Waals surface area contributed by atoms with Gasteiger partial charge in [-0.3, -0.25) is 13.8 Å². The van der Waals surface area contributed by atoms with Gasteiger partial charge in [0.15, 0.2) is 10.1 Å². The summed E-state index contributed by atoms with van der Waals surface area (Å²) in [4.78, 5) is 29.1. The molecule has 0 saturated carbocycles. The van der Waals surface area contributed by atoms with E-state index in [2.05, 4.69) is 15.2 Å². The summed E-state index contributed by atoms with van der Waals surface area (Å²) in [6.07, 6.45) is 0.726. The first kappa shape index (κ1) is 16.9. The van der Waals surface area contributed by atoms with Crippen molar-refractivity contribution in [1.82, 2.24) is 24.1 Å². The summed E-state index contributed by atoms with van der Waals surface area (Å²) in [6.45, 7) is 2.99. The molecule has 0 saturated heterocycles. The van der Waals surface area contributed by atoms with Gasteiger partial charge in [0.2, 0.25) is 0 Å². The van der Waals surface area contributed by atoms with Crippen molar-refractivity contribution in [2.75, 3.05) is 13.7 Å². The molecule has 0 fully saturated rings. The first-order chi connectivity index (χ1) is 11.6. The summed E-state index contributed by atoms with van der Waals surface area (Å²) in [5.41, 5.74) is 1.22. The van der Waals surface area contributed by atoms with Crippen molar-refractivity contribution in [1.29, 1.82) is 0 Å². The second kappa shape index (κ2) is 7.32. The van der Waals surface area contributed by atoms with Gasteiger partial charge in [-0.25, -0.2) is 14.9 Å². The average molecular weight is 367 g/mol. The number of hydrogen-bond donors (Lipinski definition) is 1. The van der Waals surface area contributed by atoms with E-state index in [0.717, 1.165) is 12.1 Å². The standard InChI is InChI=1S/C14H17N5O3S2/c1-9-7-23-13-15-10(6-11(20)19(9)13)8-24-14-17-16-12(21)18(14)4-3-5-22-2/h6-7H,3-5,8H2,1-2H3,(H,16,21). The molecule has 0 aliphatic heterocycles. The van der Waals surface area contributed by atoms with E-state index in [4.69, 9.17) is 4.74 Å². The number of hydrogen-bond acceptors (Lipinski definition) is 7. The van der Waals surface area contributed by atoms with E-state index < -0.39 is 0 Å². The third-order valence-corrected chi connectivity index (χ3v) is 5.38. The van der Waals surface area contributed by atoms with Crippen LogP contribution in [-0.2, 0) is 17.0 Å². The lowest BCUT2D eigenvalue weighted by molar-refractivity contribution is 0.189. The number of nitrogens with one attached hydrogen (secondary N) is 1. The number of fused-ring (bicyclic) bond motifs is 1. The number of H-pyrrole nitrogens is 1. The van der Waals surface area contributed by atoms with Crippen LogP contribution < -0.4 is 11.2 Å². The maximum Gasteiger partial charge on any atom is 0.343 e. The van der Waals surface area contributed by atoms with Crippen LogP contribution in [0.3, 0.4) is 0 Å². The molecule has 0 unspecified atom stereocenters. The Kier molecular flexibility index (Phi) is 5.17. The Bertz CT molecular complexity index is 955. The lowest BCUT2D eigenvalue weighted by Gasteiger charge is -2.05. The molecule has 10 heteroatoms. The molecule has 3 aromatic rings. The Morgan fingerprint density at radius 2 is 2.25 bits per heavy atom. The molecule has 3 rings (SSSR count). The second-order valence-electron chi connectivity index (χ2n) is 5.18. The molecule has 0 radical (unpaired) electrons. The molecule has 24 heavy (non-hydrogen) atoms. The van der Waals surface area contributed by atoms with Gasteiger partial charge in [0.05, 0.1) is 5.69 Å². The molecule has 0 spiro atoms. The van der Waals surface area contributed by atoms with E-state index in [1.807, 2.05) is 12.3 Å². The molecule has 0 aliphatic carbocycles. The van der Waals surface area contributed by atoms with E-state index >= 15 is 0 Å². The van der Waals surface area contributed by atoms with Gasteiger partial charge in [-0.2, -0.15) is 0 Å². The van der Waals surface area contributed by atoms with Crippen LogP contribution >= 0.6 is 23.1 Å². The Balaban J connectivity index is 1.77. The minimum absolute atomic E-state index is 0.0890. The molecule has 0 aliphatic rings. The zero-order chi connectivity index (χ0) is 17.1. The highest BCUT2D eigenvalue weighted by Crippen LogP contribution is 2.19. The van der Waals surface area contributed by atoms with Gasteiger partial charge in [0, 0.05) is 43.2 Å². The molecule has 0 amide bonds. The summed E-state index contributed by atoms with van der Waals surface area (Å²) >= 11 is 2.81. The molecule has 8 nitrogen and oxygen atoms in total. The van der Waals surface area contributed by atoms with Crippen LogP contribution in [0.5, 0.6) is 0 Å². The van der Waals surface area contributed by atoms with Gasteiger partial charge in [-0.15, -0.1) is 16.4 Å². The number of rotatable bonds is 7. The topological polar surface area (TPSA) is 94.3 Å². The normalized spacial score (nSPS) is 11.4. The van der Waals surface area contributed by atoms with Gasteiger partial charge in [-0.05, 0) is 13.3 Å². The molecule has 0 atom stereocenters. The highest BCUT2D eigenvalue weighted by Gasteiger charge is 2.11. The quantitative estimate of drug-likeness (QED) is 0.499. The fourth-order valence-corrected chi connectivity index (χ4v) is 4.05. The van der Waals surface area contributed by atoms with E-state index in [1.165, 1.54) is 29.2 Å². The lowest BCUT2D eigenvalue weighted by atomic mass is 10.4. The van der Waals surface area contributed by atoms with Gasteiger partial charge < -0.3 is 4.74 Å². The lowest BCUT2D eigenvalue weighted by Crippen LogP contribution is -2.18. The molecule has 128 valence electrons. The highest BCUT2D eigenvalue weighted by atomic mass is 32.2. The molecule has 1 N–H and O–H groups in total. The van der Waals surface area contributed by atoms with E-state index in [-0.39, 0.29) is 11.2 Å².